The van der Waals surface area contributed by atoms with Crippen LogP contribution in [0, 0.1) is 13.8 Å². The smallest absolute Gasteiger partial charge is 0.191 e. The lowest BCUT2D eigenvalue weighted by molar-refractivity contribution is 0.245. The van der Waals surface area contributed by atoms with Crippen molar-refractivity contribution < 1.29 is 0 Å². The van der Waals surface area contributed by atoms with Crippen LogP contribution in [-0.4, -0.2) is 49.1 Å². The Morgan fingerprint density at radius 3 is 2.56 bits per heavy atom. The van der Waals surface area contributed by atoms with Crippen molar-refractivity contribution in [1.29, 1.82) is 0 Å². The normalized spacial score (nSPS) is 16.5. The number of nitrogens with zero attached hydrogens (tertiary/aromatic N) is 3. The molecule has 1 saturated heterocycles. The van der Waals surface area contributed by atoms with Crippen molar-refractivity contribution in [1.82, 2.24) is 20.5 Å². The second kappa shape index (κ2) is 9.85. The molecule has 146 valence electrons. The van der Waals surface area contributed by atoms with Gasteiger partial charge in [0.1, 0.15) is 0 Å². The average Bonchev–Trinajstić information content (AvgIpc) is 3.31. The molecule has 1 unspecified atom stereocenters. The molecule has 5 nitrogen and oxygen atoms in total. The minimum atomic E-state index is 0.388. The lowest BCUT2D eigenvalue weighted by atomic mass is 10.1. The highest BCUT2D eigenvalue weighted by atomic mass is 32.1. The van der Waals surface area contributed by atoms with Crippen LogP contribution >= 0.6 is 11.3 Å². The van der Waals surface area contributed by atoms with Gasteiger partial charge in [0.25, 0.3) is 0 Å². The number of likely N-dealkylation sites (tertiary alicyclic amines) is 1. The molecule has 0 aliphatic carbocycles. The second-order valence-corrected chi connectivity index (χ2v) is 8.33. The van der Waals surface area contributed by atoms with Crippen LogP contribution in [0.3, 0.4) is 0 Å². The number of rotatable bonds is 7. The van der Waals surface area contributed by atoms with E-state index in [4.69, 9.17) is 0 Å². The lowest BCUT2D eigenvalue weighted by Crippen LogP contribution is -2.43. The minimum absolute atomic E-state index is 0.388. The Labute approximate surface area is 166 Å². The van der Waals surface area contributed by atoms with Gasteiger partial charge >= 0.3 is 0 Å². The van der Waals surface area contributed by atoms with Crippen LogP contribution in [0.2, 0.25) is 0 Å². The van der Waals surface area contributed by atoms with Crippen molar-refractivity contribution in [3.8, 4) is 0 Å². The highest BCUT2D eigenvalue weighted by Gasteiger charge is 2.23. The van der Waals surface area contributed by atoms with E-state index < -0.39 is 0 Å². The molecular formula is C21H31N5S. The third-order valence-electron chi connectivity index (χ3n) is 5.10. The molecule has 1 atom stereocenters. The molecule has 2 heterocycles. The van der Waals surface area contributed by atoms with E-state index in [0.29, 0.717) is 6.04 Å². The van der Waals surface area contributed by atoms with Crippen LogP contribution in [0.5, 0.6) is 0 Å². The number of benzene rings is 1. The number of hydrogen-bond acceptors (Lipinski definition) is 4. The van der Waals surface area contributed by atoms with E-state index in [1.807, 2.05) is 7.05 Å². The SMILES string of the molecule is CN=C(NCCc1sc(C)nc1C)NCC(c1ccccc1)N1CCCC1. The molecule has 0 spiro atoms. The van der Waals surface area contributed by atoms with Gasteiger partial charge in [0.2, 0.25) is 0 Å². The van der Waals surface area contributed by atoms with Crippen molar-refractivity contribution in [2.24, 2.45) is 4.99 Å². The number of thiazole rings is 1. The molecule has 2 N–H and O–H groups in total. The minimum Gasteiger partial charge on any atom is -0.356 e. The predicted octanol–water partition coefficient (Wildman–Crippen LogP) is 3.30. The molecule has 1 aliphatic rings. The van der Waals surface area contributed by atoms with E-state index in [1.54, 1.807) is 11.3 Å². The highest BCUT2D eigenvalue weighted by Crippen LogP contribution is 2.24. The first-order valence-corrected chi connectivity index (χ1v) is 10.7. The maximum absolute atomic E-state index is 4.51. The van der Waals surface area contributed by atoms with Gasteiger partial charge in [-0.2, -0.15) is 0 Å². The summed E-state index contributed by atoms with van der Waals surface area (Å²) in [6.45, 7) is 8.24. The third kappa shape index (κ3) is 5.53. The van der Waals surface area contributed by atoms with Gasteiger partial charge in [-0.25, -0.2) is 4.98 Å². The number of aryl methyl sites for hydroxylation is 2. The Bertz CT molecular complexity index is 734. The van der Waals surface area contributed by atoms with Crippen molar-refractivity contribution >= 4 is 17.3 Å². The fraction of sp³-hybridized carbons (Fsp3) is 0.524. The zero-order valence-corrected chi connectivity index (χ0v) is 17.5. The van der Waals surface area contributed by atoms with Crippen LogP contribution in [0.15, 0.2) is 35.3 Å². The summed E-state index contributed by atoms with van der Waals surface area (Å²) >= 11 is 1.79. The van der Waals surface area contributed by atoms with Gasteiger partial charge in [0, 0.05) is 31.4 Å². The molecular weight excluding hydrogens is 354 g/mol. The van der Waals surface area contributed by atoms with Crippen molar-refractivity contribution in [3.05, 3.63) is 51.5 Å². The van der Waals surface area contributed by atoms with Gasteiger partial charge in [-0.15, -0.1) is 11.3 Å². The van der Waals surface area contributed by atoms with E-state index in [2.05, 4.69) is 69.7 Å². The van der Waals surface area contributed by atoms with Gasteiger partial charge in [-0.05, 0) is 45.3 Å². The maximum atomic E-state index is 4.51. The molecule has 1 aliphatic heterocycles. The standard InChI is InChI=1S/C21H31N5S/c1-16-20(27-17(2)25-16)11-12-23-21(22-3)24-15-19(26-13-7-8-14-26)18-9-5-4-6-10-18/h4-6,9-10,19H,7-8,11-15H2,1-3H3,(H2,22,23,24). The van der Waals surface area contributed by atoms with Gasteiger partial charge in [0.15, 0.2) is 5.96 Å². The Morgan fingerprint density at radius 1 is 1.19 bits per heavy atom. The summed E-state index contributed by atoms with van der Waals surface area (Å²) in [6, 6.07) is 11.2. The maximum Gasteiger partial charge on any atom is 0.191 e. The van der Waals surface area contributed by atoms with Crippen molar-refractivity contribution in [2.75, 3.05) is 33.2 Å². The summed E-state index contributed by atoms with van der Waals surface area (Å²) in [5, 5.41) is 8.13. The Kier molecular flexibility index (Phi) is 7.24. The summed E-state index contributed by atoms with van der Waals surface area (Å²) in [4.78, 5) is 12.8. The van der Waals surface area contributed by atoms with Crippen LogP contribution in [0.25, 0.3) is 0 Å². The molecule has 0 amide bonds. The van der Waals surface area contributed by atoms with E-state index in [1.165, 1.54) is 36.4 Å². The number of aliphatic imine (C=N–C) groups is 1. The van der Waals surface area contributed by atoms with Gasteiger partial charge < -0.3 is 10.6 Å². The van der Waals surface area contributed by atoms with Crippen molar-refractivity contribution in [2.45, 2.75) is 39.2 Å². The lowest BCUT2D eigenvalue weighted by Gasteiger charge is -2.29. The molecule has 27 heavy (non-hydrogen) atoms. The molecule has 3 rings (SSSR count). The monoisotopic (exact) mass is 385 g/mol. The number of hydrogen-bond donors (Lipinski definition) is 2. The first-order chi connectivity index (χ1) is 13.2. The largest absolute Gasteiger partial charge is 0.356 e. The van der Waals surface area contributed by atoms with E-state index in [9.17, 15) is 0 Å². The molecule has 1 aromatic heterocycles. The van der Waals surface area contributed by atoms with E-state index in [-0.39, 0.29) is 0 Å². The summed E-state index contributed by atoms with van der Waals surface area (Å²) in [6.07, 6.45) is 3.57. The molecule has 0 radical (unpaired) electrons. The molecule has 1 aromatic carbocycles. The fourth-order valence-corrected chi connectivity index (χ4v) is 4.64. The summed E-state index contributed by atoms with van der Waals surface area (Å²) in [5.41, 5.74) is 2.53. The second-order valence-electron chi connectivity index (χ2n) is 7.04. The van der Waals surface area contributed by atoms with E-state index in [0.717, 1.165) is 36.2 Å². The first kappa shape index (κ1) is 19.8. The highest BCUT2D eigenvalue weighted by molar-refractivity contribution is 7.11. The zero-order chi connectivity index (χ0) is 19.1. The fourth-order valence-electron chi connectivity index (χ4n) is 3.70. The third-order valence-corrected chi connectivity index (χ3v) is 6.23. The molecule has 0 bridgehead atoms. The average molecular weight is 386 g/mol. The Morgan fingerprint density at radius 2 is 1.93 bits per heavy atom. The van der Waals surface area contributed by atoms with Gasteiger partial charge in [0.05, 0.1) is 16.7 Å². The molecule has 0 saturated carbocycles. The summed E-state index contributed by atoms with van der Waals surface area (Å²) in [7, 11) is 1.84. The number of nitrogens with one attached hydrogen (secondary N) is 2. The van der Waals surface area contributed by atoms with Crippen LogP contribution in [-0.2, 0) is 6.42 Å². The number of aromatic nitrogens is 1. The number of guanidine groups is 1. The van der Waals surface area contributed by atoms with Crippen LogP contribution < -0.4 is 10.6 Å². The van der Waals surface area contributed by atoms with Crippen LogP contribution in [0.4, 0.5) is 0 Å². The Balaban J connectivity index is 1.54. The topological polar surface area (TPSA) is 52.6 Å². The van der Waals surface area contributed by atoms with Crippen LogP contribution in [0.1, 0.15) is 40.0 Å². The molecule has 2 aromatic rings. The summed E-state index contributed by atoms with van der Waals surface area (Å²) in [5.74, 6) is 0.869. The zero-order valence-electron chi connectivity index (χ0n) is 16.7. The molecule has 1 fully saturated rings. The summed E-state index contributed by atoms with van der Waals surface area (Å²) < 4.78 is 0. The Hall–Kier alpha value is -1.92. The van der Waals surface area contributed by atoms with Gasteiger partial charge in [-0.3, -0.25) is 9.89 Å². The van der Waals surface area contributed by atoms with E-state index >= 15 is 0 Å². The van der Waals surface area contributed by atoms with Gasteiger partial charge in [-0.1, -0.05) is 30.3 Å². The van der Waals surface area contributed by atoms with Crippen molar-refractivity contribution in [3.63, 3.8) is 0 Å². The predicted molar refractivity (Wildman–Crippen MR) is 115 cm³/mol. The quantitative estimate of drug-likeness (QED) is 0.567. The first-order valence-electron chi connectivity index (χ1n) is 9.84. The molecule has 6 heteroatoms.